The summed E-state index contributed by atoms with van der Waals surface area (Å²) in [5, 5.41) is 16.3. The number of rotatable bonds is 42. The van der Waals surface area contributed by atoms with Crippen molar-refractivity contribution in [1.29, 1.82) is 0 Å². The van der Waals surface area contributed by atoms with Crippen LogP contribution in [0.5, 0.6) is 0 Å². The maximum absolute atomic E-state index is 14.8. The van der Waals surface area contributed by atoms with Crippen LogP contribution in [0.15, 0.2) is 54.6 Å². The number of carbonyl (C=O) groups excluding carboxylic acids is 12. The highest BCUT2D eigenvalue weighted by Gasteiger charge is 2.45. The van der Waals surface area contributed by atoms with Crippen LogP contribution in [0.3, 0.4) is 0 Å². The number of ether oxygens (including phenoxy) is 3. The summed E-state index contributed by atoms with van der Waals surface area (Å²) in [5.74, 6) is -5.13. The van der Waals surface area contributed by atoms with E-state index in [1.807, 2.05) is 13.8 Å². The van der Waals surface area contributed by atoms with E-state index in [0.29, 0.717) is 61.9 Å². The number of primary amides is 1. The summed E-state index contributed by atoms with van der Waals surface area (Å²) in [7, 11) is 6.05. The Morgan fingerprint density at radius 3 is 1.98 bits per heavy atom. The second-order valence-electron chi connectivity index (χ2n) is 27.2. The van der Waals surface area contributed by atoms with Gasteiger partial charge in [-0.3, -0.25) is 57.7 Å². The lowest BCUT2D eigenvalue weighted by Crippen LogP contribution is -2.60. The number of thioether (sulfide) groups is 1. The van der Waals surface area contributed by atoms with Crippen LogP contribution in [0.25, 0.3) is 0 Å². The normalized spacial score (nSPS) is 17.7. The van der Waals surface area contributed by atoms with E-state index in [0.717, 1.165) is 18.6 Å². The maximum atomic E-state index is 14.8. The third-order valence-corrected chi connectivity index (χ3v) is 20.0. The molecule has 0 saturated carbocycles. The van der Waals surface area contributed by atoms with Gasteiger partial charge in [0.05, 0.1) is 47.9 Å². The van der Waals surface area contributed by atoms with Crippen LogP contribution >= 0.6 is 11.8 Å². The molecule has 26 nitrogen and oxygen atoms in total. The molecular formula is C72H113N11O15S. The van der Waals surface area contributed by atoms with Crippen LogP contribution in [0.2, 0.25) is 0 Å². The molecule has 8 N–H and O–H groups in total. The van der Waals surface area contributed by atoms with E-state index in [9.17, 15) is 57.5 Å². The lowest BCUT2D eigenvalue weighted by Gasteiger charge is -2.41. The number of nitrogens with two attached hydrogens (primary N) is 1. The summed E-state index contributed by atoms with van der Waals surface area (Å²) in [6.07, 6.45) is 3.63. The Kier molecular flexibility index (Phi) is 35.4. The molecule has 12 atom stereocenters. The molecule has 0 aromatic heterocycles. The Labute approximate surface area is 589 Å². The zero-order valence-corrected chi connectivity index (χ0v) is 61.8. The second-order valence-corrected chi connectivity index (χ2v) is 28.5. The highest BCUT2D eigenvalue weighted by atomic mass is 32.2. The van der Waals surface area contributed by atoms with Crippen molar-refractivity contribution >= 4 is 88.5 Å². The number of nitrogens with one attached hydrogen (secondary N) is 6. The van der Waals surface area contributed by atoms with E-state index in [4.69, 9.17) is 19.9 Å². The lowest BCUT2D eigenvalue weighted by molar-refractivity contribution is -0.148. The van der Waals surface area contributed by atoms with Crippen molar-refractivity contribution in [3.63, 3.8) is 0 Å². The van der Waals surface area contributed by atoms with Gasteiger partial charge in [-0.2, -0.15) is 0 Å². The number of anilines is 1. The van der Waals surface area contributed by atoms with Crippen molar-refractivity contribution in [2.75, 3.05) is 59.0 Å². The number of unbranched alkanes of at least 4 members (excludes halogenated alkanes) is 3. The minimum absolute atomic E-state index is 0.0853. The Bertz CT molecular complexity index is 3010. The first kappa shape index (κ1) is 83.8. The molecule has 2 aliphatic rings. The van der Waals surface area contributed by atoms with Crippen LogP contribution < -0.4 is 37.6 Å². The largest absolute Gasteiger partial charge is 0.445 e. The fourth-order valence-electron chi connectivity index (χ4n) is 12.7. The molecule has 27 heteroatoms. The molecule has 12 amide bonds. The number of hydrogen-bond acceptors (Lipinski definition) is 16. The Morgan fingerprint density at radius 1 is 0.717 bits per heavy atom. The van der Waals surface area contributed by atoms with Crippen LogP contribution in [-0.2, 0) is 64.0 Å². The maximum Gasteiger partial charge on any atom is 0.410 e. The third-order valence-electron chi connectivity index (χ3n) is 18.7. The van der Waals surface area contributed by atoms with Crippen molar-refractivity contribution in [2.24, 2.45) is 35.3 Å². The summed E-state index contributed by atoms with van der Waals surface area (Å²) >= 11 is 1.52. The van der Waals surface area contributed by atoms with E-state index < -0.39 is 108 Å². The van der Waals surface area contributed by atoms with Crippen molar-refractivity contribution in [1.82, 2.24) is 46.2 Å². The van der Waals surface area contributed by atoms with E-state index >= 15 is 0 Å². The van der Waals surface area contributed by atoms with Gasteiger partial charge in [-0.15, -0.1) is 11.8 Å². The number of ketones is 1. The third kappa shape index (κ3) is 25.2. The molecule has 2 saturated heterocycles. The summed E-state index contributed by atoms with van der Waals surface area (Å²) < 4.78 is 17.7. The first-order valence-electron chi connectivity index (χ1n) is 35.1. The highest BCUT2D eigenvalue weighted by molar-refractivity contribution is 8.00. The van der Waals surface area contributed by atoms with Crippen molar-refractivity contribution in [2.45, 2.75) is 226 Å². The topological polar surface area (TPSA) is 344 Å². The van der Waals surface area contributed by atoms with E-state index in [2.05, 4.69) is 38.8 Å². The van der Waals surface area contributed by atoms with Crippen molar-refractivity contribution < 1.29 is 71.7 Å². The summed E-state index contributed by atoms with van der Waals surface area (Å²) in [6.45, 7) is 20.6. The molecule has 2 fully saturated rings. The number of likely N-dealkylation sites (tertiary alicyclic amines) is 2. The van der Waals surface area contributed by atoms with Gasteiger partial charge in [-0.05, 0) is 99.0 Å². The van der Waals surface area contributed by atoms with Gasteiger partial charge in [-0.1, -0.05) is 131 Å². The monoisotopic (exact) mass is 1400 g/mol. The molecule has 2 aromatic carbocycles. The average molecular weight is 1400 g/mol. The van der Waals surface area contributed by atoms with Gasteiger partial charge >= 0.3 is 12.1 Å². The van der Waals surface area contributed by atoms with Crippen LogP contribution in [0.1, 0.15) is 176 Å². The number of imide groups is 1. The molecule has 0 aliphatic carbocycles. The van der Waals surface area contributed by atoms with E-state index in [1.165, 1.54) is 42.8 Å². The van der Waals surface area contributed by atoms with Crippen LogP contribution in [0, 0.1) is 29.6 Å². The van der Waals surface area contributed by atoms with Gasteiger partial charge in [0, 0.05) is 72.0 Å². The zero-order valence-electron chi connectivity index (χ0n) is 61.0. The quantitative estimate of drug-likeness (QED) is 0.0201. The summed E-state index contributed by atoms with van der Waals surface area (Å²) in [4.78, 5) is 168. The summed E-state index contributed by atoms with van der Waals surface area (Å²) in [6, 6.07) is 8.17. The molecule has 2 unspecified atom stereocenters. The average Bonchev–Trinajstić information content (AvgIpc) is 1.80. The number of urea groups is 1. The molecule has 0 radical (unpaired) electrons. The van der Waals surface area contributed by atoms with Crippen molar-refractivity contribution in [3.05, 3.63) is 65.7 Å². The van der Waals surface area contributed by atoms with Gasteiger partial charge in [0.1, 0.15) is 30.8 Å². The predicted octanol–water partition coefficient (Wildman–Crippen LogP) is 6.96. The number of likely N-dealkylation sites (N-methyl/N-ethyl adjacent to an activating group) is 2. The first-order valence-corrected chi connectivity index (χ1v) is 36.2. The fourth-order valence-corrected chi connectivity index (χ4v) is 14.0. The van der Waals surface area contributed by atoms with Gasteiger partial charge in [0.25, 0.3) is 0 Å². The van der Waals surface area contributed by atoms with Crippen molar-refractivity contribution in [3.8, 4) is 0 Å². The number of methoxy groups -OCH3 is 2. The SMILES string of the molecule is CCCCSC1CC(=O)N(CCCCCC(=O)N[C@H](C(=O)N[C@@H](CCCNC(N)=O)C(=O)Nc2ccc(COC(=O)N(C)[C@H](C(=O)N[C@H](C(=O)N(C)C([C@@H](C)CC)[C@@H](CC(=O)N3CCC[C@H]3[C@H](OC)[C@@H](C)C(=O)N[C@H](C)C(=O)c3ccccc3)OC)C(C)C)C(C)C)cc2)C(C)C)C1=O. The number of hydrogen-bond donors (Lipinski definition) is 7. The molecular weight excluding hydrogens is 1290 g/mol. The van der Waals surface area contributed by atoms with Gasteiger partial charge in [-0.25, -0.2) is 9.59 Å². The van der Waals surface area contributed by atoms with Gasteiger partial charge < -0.3 is 61.6 Å². The number of Topliss-reactive ketones (excluding diaryl/α,β-unsaturated/α-hetero) is 1. The number of amides is 12. The Balaban J connectivity index is 1.36. The standard InChI is InChI=1S/C72H113N11O15S/c1-16-18-39-99-55-41-58(86)83(69(55)92)37-24-20-23-31-56(84)78-59(43(3)4)67(90)77-52(29-25-36-74-71(73)94)66(89)76-51-34-32-49(33-35-51)42-98-72(95)81(13)61(45(7)8)68(91)79-60(44(5)6)70(93)80(12)62(46(9)17-2)54(96-14)40-57(85)82-38-26-30-53(82)64(97-15)47(10)65(88)75-48(11)63(87)50-27-21-19-22-28-50/h19,21-22,27-28,32-35,43-48,52-55,59-62,64H,16-18,20,23-26,29-31,36-42H2,1-15H3,(H,75,88)(H,76,89)(H,77,90)(H,78,84)(H,79,91)(H3,73,74,94)/t46-,47+,48+,52-,53-,54+,55?,59-,60-,61-,62?,64+/m0/s1. The Hall–Kier alpha value is -7.65. The van der Waals surface area contributed by atoms with Gasteiger partial charge in [0.15, 0.2) is 5.78 Å². The minimum Gasteiger partial charge on any atom is -0.445 e. The number of benzene rings is 2. The fraction of sp³-hybridized carbons (Fsp3) is 0.667. The minimum atomic E-state index is -1.11. The first-order chi connectivity index (χ1) is 46.9. The summed E-state index contributed by atoms with van der Waals surface area (Å²) in [5.41, 5.74) is 6.60. The molecule has 2 aromatic rings. The molecule has 0 spiro atoms. The van der Waals surface area contributed by atoms with Crippen LogP contribution in [0.4, 0.5) is 15.3 Å². The molecule has 552 valence electrons. The van der Waals surface area contributed by atoms with Crippen LogP contribution in [-0.4, -0.2) is 204 Å². The molecule has 2 heterocycles. The number of carbonyl (C=O) groups is 12. The van der Waals surface area contributed by atoms with Gasteiger partial charge in [0.2, 0.25) is 53.2 Å². The zero-order chi connectivity index (χ0) is 73.8. The Morgan fingerprint density at radius 2 is 1.38 bits per heavy atom. The molecule has 4 rings (SSSR count). The van der Waals surface area contributed by atoms with E-state index in [1.54, 1.807) is 127 Å². The smallest absolute Gasteiger partial charge is 0.410 e. The predicted molar refractivity (Wildman–Crippen MR) is 379 cm³/mol. The highest BCUT2D eigenvalue weighted by Crippen LogP contribution is 2.31. The number of nitrogens with zero attached hydrogens (tertiary/aromatic N) is 4. The second kappa shape index (κ2) is 41.8. The lowest BCUT2D eigenvalue weighted by atomic mass is 9.89. The molecule has 2 aliphatic heterocycles. The molecule has 99 heavy (non-hydrogen) atoms. The van der Waals surface area contributed by atoms with E-state index in [-0.39, 0.29) is 104 Å². The molecule has 0 bridgehead atoms.